The Hall–Kier alpha value is -0.850. The summed E-state index contributed by atoms with van der Waals surface area (Å²) in [5.74, 6) is 0.741. The maximum absolute atomic E-state index is 4.22. The largest absolute Gasteiger partial charge is 0.264 e. The summed E-state index contributed by atoms with van der Waals surface area (Å²) in [6.45, 7) is 4.65. The van der Waals surface area contributed by atoms with Crippen LogP contribution in [-0.4, -0.2) is 4.98 Å². The van der Waals surface area contributed by atoms with E-state index in [0.717, 1.165) is 5.92 Å². The molecule has 1 aliphatic rings. The topological polar surface area (TPSA) is 12.9 Å². The molecule has 0 amide bonds. The molecule has 0 aromatic carbocycles. The molecule has 13 heavy (non-hydrogen) atoms. The molecule has 1 aromatic rings. The monoisotopic (exact) mass is 175 g/mol. The van der Waals surface area contributed by atoms with Gasteiger partial charge in [0.25, 0.3) is 0 Å². The Balaban J connectivity index is 2.32. The van der Waals surface area contributed by atoms with Crippen molar-refractivity contribution >= 4 is 0 Å². The summed E-state index contributed by atoms with van der Waals surface area (Å²) in [5.41, 5.74) is 1.89. The Morgan fingerprint density at radius 2 is 2.15 bits per heavy atom. The first kappa shape index (κ1) is 8.74. The van der Waals surface area contributed by atoms with Crippen LogP contribution in [0.5, 0.6) is 0 Å². The summed E-state index contributed by atoms with van der Waals surface area (Å²) >= 11 is 0. The Kier molecular flexibility index (Phi) is 2.10. The van der Waals surface area contributed by atoms with E-state index in [-0.39, 0.29) is 0 Å². The van der Waals surface area contributed by atoms with Crippen LogP contribution in [0.3, 0.4) is 0 Å². The third kappa shape index (κ3) is 1.27. The molecule has 0 saturated heterocycles. The molecule has 0 N–H and O–H groups in total. The number of hydrogen-bond acceptors (Lipinski definition) is 1. The van der Waals surface area contributed by atoms with Gasteiger partial charge in [0.1, 0.15) is 0 Å². The van der Waals surface area contributed by atoms with Crippen LogP contribution < -0.4 is 0 Å². The molecule has 1 fully saturated rings. The zero-order valence-corrected chi connectivity index (χ0v) is 8.46. The van der Waals surface area contributed by atoms with Crippen LogP contribution in [0.15, 0.2) is 24.5 Å². The predicted octanol–water partition coefficient (Wildman–Crippen LogP) is 3.16. The second-order valence-electron chi connectivity index (χ2n) is 4.41. The van der Waals surface area contributed by atoms with Crippen molar-refractivity contribution in [3.05, 3.63) is 30.1 Å². The van der Waals surface area contributed by atoms with Crippen LogP contribution in [0.1, 0.15) is 38.7 Å². The van der Waals surface area contributed by atoms with Gasteiger partial charge < -0.3 is 0 Å². The molecule has 0 spiro atoms. The third-order valence-corrected chi connectivity index (χ3v) is 3.59. The first-order valence-corrected chi connectivity index (χ1v) is 5.16. The lowest BCUT2D eigenvalue weighted by Crippen LogP contribution is -2.39. The summed E-state index contributed by atoms with van der Waals surface area (Å²) in [4.78, 5) is 4.22. The van der Waals surface area contributed by atoms with Gasteiger partial charge in [0.15, 0.2) is 0 Å². The van der Waals surface area contributed by atoms with Gasteiger partial charge in [-0.1, -0.05) is 26.3 Å². The van der Waals surface area contributed by atoms with Crippen LogP contribution in [0.2, 0.25) is 0 Å². The summed E-state index contributed by atoms with van der Waals surface area (Å²) in [7, 11) is 0. The van der Waals surface area contributed by atoms with Crippen molar-refractivity contribution in [1.29, 1.82) is 0 Å². The van der Waals surface area contributed by atoms with Gasteiger partial charge in [-0.25, -0.2) is 0 Å². The van der Waals surface area contributed by atoms with E-state index in [1.807, 2.05) is 12.4 Å². The molecule has 1 heterocycles. The fourth-order valence-corrected chi connectivity index (χ4v) is 2.41. The molecule has 1 nitrogen and oxygen atoms in total. The summed E-state index contributed by atoms with van der Waals surface area (Å²) in [5, 5.41) is 0. The minimum Gasteiger partial charge on any atom is -0.264 e. The van der Waals surface area contributed by atoms with Gasteiger partial charge in [0, 0.05) is 12.4 Å². The predicted molar refractivity (Wildman–Crippen MR) is 54.6 cm³/mol. The number of aromatic nitrogens is 1. The van der Waals surface area contributed by atoms with Gasteiger partial charge in [0.2, 0.25) is 0 Å². The molecule has 0 aliphatic heterocycles. The van der Waals surface area contributed by atoms with E-state index in [0.29, 0.717) is 5.41 Å². The van der Waals surface area contributed by atoms with Crippen LogP contribution >= 0.6 is 0 Å². The van der Waals surface area contributed by atoms with Crippen molar-refractivity contribution in [2.45, 2.75) is 38.5 Å². The van der Waals surface area contributed by atoms with Gasteiger partial charge in [-0.05, 0) is 35.8 Å². The fourth-order valence-electron chi connectivity index (χ4n) is 2.41. The van der Waals surface area contributed by atoms with Crippen LogP contribution in [0, 0.1) is 5.92 Å². The van der Waals surface area contributed by atoms with E-state index < -0.39 is 0 Å². The van der Waals surface area contributed by atoms with Gasteiger partial charge in [-0.15, -0.1) is 0 Å². The van der Waals surface area contributed by atoms with E-state index in [2.05, 4.69) is 31.0 Å². The molecule has 0 unspecified atom stereocenters. The Labute approximate surface area is 80.2 Å². The van der Waals surface area contributed by atoms with Crippen molar-refractivity contribution in [2.24, 2.45) is 5.92 Å². The molecule has 0 atom stereocenters. The molecule has 1 saturated carbocycles. The van der Waals surface area contributed by atoms with E-state index in [4.69, 9.17) is 0 Å². The molecule has 1 heteroatoms. The number of nitrogens with zero attached hydrogens (tertiary/aromatic N) is 1. The van der Waals surface area contributed by atoms with E-state index in [1.165, 1.54) is 24.8 Å². The maximum Gasteiger partial charge on any atom is 0.0305 e. The third-order valence-electron chi connectivity index (χ3n) is 3.59. The lowest BCUT2D eigenvalue weighted by atomic mass is 9.59. The van der Waals surface area contributed by atoms with Gasteiger partial charge in [0.05, 0.1) is 0 Å². The highest BCUT2D eigenvalue weighted by atomic mass is 14.6. The highest BCUT2D eigenvalue weighted by molar-refractivity contribution is 5.25. The molecule has 2 rings (SSSR count). The Morgan fingerprint density at radius 1 is 1.38 bits per heavy atom. The summed E-state index contributed by atoms with van der Waals surface area (Å²) in [6, 6.07) is 4.28. The minimum atomic E-state index is 0.453. The zero-order valence-electron chi connectivity index (χ0n) is 8.46. The van der Waals surface area contributed by atoms with Gasteiger partial charge in [-0.3, -0.25) is 4.98 Å². The van der Waals surface area contributed by atoms with Crippen molar-refractivity contribution in [3.8, 4) is 0 Å². The second kappa shape index (κ2) is 3.13. The molecule has 1 aliphatic carbocycles. The summed E-state index contributed by atoms with van der Waals surface area (Å²) in [6.07, 6.45) is 7.97. The number of hydrogen-bond donors (Lipinski definition) is 0. The quantitative estimate of drug-likeness (QED) is 0.672. The van der Waals surface area contributed by atoms with Gasteiger partial charge >= 0.3 is 0 Å². The average molecular weight is 175 g/mol. The van der Waals surface area contributed by atoms with E-state index in [1.54, 1.807) is 0 Å². The number of pyridine rings is 1. The minimum absolute atomic E-state index is 0.453. The van der Waals surface area contributed by atoms with Crippen molar-refractivity contribution < 1.29 is 0 Å². The zero-order chi connectivity index (χ0) is 9.31. The first-order chi connectivity index (χ1) is 6.26. The Bertz CT molecular complexity index is 272. The van der Waals surface area contributed by atoms with E-state index in [9.17, 15) is 0 Å². The number of rotatable bonds is 2. The summed E-state index contributed by atoms with van der Waals surface area (Å²) < 4.78 is 0. The molecular weight excluding hydrogens is 158 g/mol. The van der Waals surface area contributed by atoms with E-state index >= 15 is 0 Å². The normalized spacial score (nSPS) is 19.9. The SMILES string of the molecule is CC(C)C1(c2cccnc2)CCC1. The lowest BCUT2D eigenvalue weighted by Gasteiger charge is -2.45. The lowest BCUT2D eigenvalue weighted by molar-refractivity contribution is 0.169. The fraction of sp³-hybridized carbons (Fsp3) is 0.583. The maximum atomic E-state index is 4.22. The Morgan fingerprint density at radius 3 is 2.54 bits per heavy atom. The highest BCUT2D eigenvalue weighted by Gasteiger charge is 2.41. The molecular formula is C12H17N. The van der Waals surface area contributed by atoms with Crippen molar-refractivity contribution in [2.75, 3.05) is 0 Å². The highest BCUT2D eigenvalue weighted by Crippen LogP contribution is 2.48. The van der Waals surface area contributed by atoms with Crippen LogP contribution in [-0.2, 0) is 5.41 Å². The average Bonchev–Trinajstić information content (AvgIpc) is 2.03. The van der Waals surface area contributed by atoms with Crippen LogP contribution in [0.25, 0.3) is 0 Å². The van der Waals surface area contributed by atoms with Crippen molar-refractivity contribution in [3.63, 3.8) is 0 Å². The molecule has 0 radical (unpaired) electrons. The standard InChI is InChI=1S/C12H17N/c1-10(2)12(6-4-7-12)11-5-3-8-13-9-11/h3,5,8-10H,4,6-7H2,1-2H3. The second-order valence-corrected chi connectivity index (χ2v) is 4.41. The molecule has 0 bridgehead atoms. The van der Waals surface area contributed by atoms with Crippen LogP contribution in [0.4, 0.5) is 0 Å². The molecule has 1 aromatic heterocycles. The van der Waals surface area contributed by atoms with Gasteiger partial charge in [-0.2, -0.15) is 0 Å². The first-order valence-electron chi connectivity index (χ1n) is 5.16. The smallest absolute Gasteiger partial charge is 0.0305 e. The molecule has 70 valence electrons. The van der Waals surface area contributed by atoms with Crippen molar-refractivity contribution in [1.82, 2.24) is 4.98 Å².